The highest BCUT2D eigenvalue weighted by atomic mass is 16.5. The molecule has 2 rings (SSSR count). The number of nitrogens with one attached hydrogen (secondary N) is 1. The van der Waals surface area contributed by atoms with Crippen molar-refractivity contribution in [1.82, 2.24) is 5.32 Å². The smallest absolute Gasteiger partial charge is 0.119 e. The van der Waals surface area contributed by atoms with E-state index in [9.17, 15) is 0 Å². The third-order valence-electron chi connectivity index (χ3n) is 4.21. The molecule has 1 N–H and O–H groups in total. The van der Waals surface area contributed by atoms with Gasteiger partial charge in [0, 0.05) is 12.0 Å². The van der Waals surface area contributed by atoms with Gasteiger partial charge in [0.05, 0.1) is 7.11 Å². The van der Waals surface area contributed by atoms with Gasteiger partial charge in [-0.05, 0) is 48.9 Å². The van der Waals surface area contributed by atoms with Crippen LogP contribution in [0.2, 0.25) is 0 Å². The van der Waals surface area contributed by atoms with Crippen LogP contribution < -0.4 is 10.1 Å². The Bertz CT molecular complexity index is 417. The first-order valence-electron chi connectivity index (χ1n) is 7.37. The molecule has 2 nitrogen and oxygen atoms in total. The van der Waals surface area contributed by atoms with Crippen LogP contribution in [0.3, 0.4) is 0 Å². The van der Waals surface area contributed by atoms with E-state index in [4.69, 9.17) is 4.74 Å². The Balaban J connectivity index is 2.18. The van der Waals surface area contributed by atoms with E-state index in [1.54, 1.807) is 7.11 Å². The predicted octanol–water partition coefficient (Wildman–Crippen LogP) is 3.75. The maximum absolute atomic E-state index is 5.38. The van der Waals surface area contributed by atoms with Gasteiger partial charge in [0.25, 0.3) is 0 Å². The van der Waals surface area contributed by atoms with Crippen LogP contribution in [0.4, 0.5) is 0 Å². The molecule has 2 heteroatoms. The Labute approximate surface area is 117 Å². The normalized spacial score (nSPS) is 19.8. The van der Waals surface area contributed by atoms with Crippen LogP contribution in [0.1, 0.15) is 45.6 Å². The van der Waals surface area contributed by atoms with E-state index >= 15 is 0 Å². The van der Waals surface area contributed by atoms with Gasteiger partial charge < -0.3 is 10.1 Å². The van der Waals surface area contributed by atoms with Gasteiger partial charge in [0.15, 0.2) is 0 Å². The molecule has 0 saturated heterocycles. The number of benzene rings is 1. The summed E-state index contributed by atoms with van der Waals surface area (Å²) >= 11 is 0. The molecule has 0 amide bonds. The fraction of sp³-hybridized carbons (Fsp3) is 0.647. The summed E-state index contributed by atoms with van der Waals surface area (Å²) in [5.41, 5.74) is 2.19. The zero-order valence-electron chi connectivity index (χ0n) is 12.8. The van der Waals surface area contributed by atoms with Gasteiger partial charge in [-0.1, -0.05) is 32.9 Å². The van der Waals surface area contributed by atoms with Crippen LogP contribution in [0.25, 0.3) is 0 Å². The number of ether oxygens (including phenoxy) is 1. The SMILES string of the molecule is CCCNCC1(c2cccc(OC)c2)CC(C)(C)C1. The van der Waals surface area contributed by atoms with Crippen LogP contribution in [0.5, 0.6) is 5.75 Å². The molecule has 0 heterocycles. The van der Waals surface area contributed by atoms with E-state index in [-0.39, 0.29) is 0 Å². The molecule has 106 valence electrons. The van der Waals surface area contributed by atoms with E-state index < -0.39 is 0 Å². The van der Waals surface area contributed by atoms with Crippen LogP contribution in [0.15, 0.2) is 24.3 Å². The zero-order chi connectivity index (χ0) is 13.9. The molecular weight excluding hydrogens is 234 g/mol. The van der Waals surface area contributed by atoms with Gasteiger partial charge in [-0.2, -0.15) is 0 Å². The van der Waals surface area contributed by atoms with Crippen molar-refractivity contribution in [1.29, 1.82) is 0 Å². The molecule has 1 aliphatic rings. The predicted molar refractivity (Wildman–Crippen MR) is 80.8 cm³/mol. The highest BCUT2D eigenvalue weighted by Crippen LogP contribution is 2.55. The molecule has 0 unspecified atom stereocenters. The first-order valence-corrected chi connectivity index (χ1v) is 7.37. The zero-order valence-corrected chi connectivity index (χ0v) is 12.8. The summed E-state index contributed by atoms with van der Waals surface area (Å²) in [5.74, 6) is 0.970. The van der Waals surface area contributed by atoms with Crippen LogP contribution in [-0.4, -0.2) is 20.2 Å². The minimum Gasteiger partial charge on any atom is -0.497 e. The van der Waals surface area contributed by atoms with Crippen molar-refractivity contribution >= 4 is 0 Å². The van der Waals surface area contributed by atoms with Gasteiger partial charge >= 0.3 is 0 Å². The molecule has 0 bridgehead atoms. The fourth-order valence-corrected chi connectivity index (χ4v) is 3.67. The Kier molecular flexibility index (Phi) is 4.19. The van der Waals surface area contributed by atoms with Crippen molar-refractivity contribution in [3.05, 3.63) is 29.8 Å². The maximum Gasteiger partial charge on any atom is 0.119 e. The lowest BCUT2D eigenvalue weighted by molar-refractivity contribution is 0.0563. The topological polar surface area (TPSA) is 21.3 Å². The first-order chi connectivity index (χ1) is 9.01. The lowest BCUT2D eigenvalue weighted by Gasteiger charge is -2.54. The largest absolute Gasteiger partial charge is 0.497 e. The van der Waals surface area contributed by atoms with E-state index in [2.05, 4.69) is 44.3 Å². The second-order valence-electron chi connectivity index (χ2n) is 6.71. The number of rotatable bonds is 6. The Hall–Kier alpha value is -1.02. The minimum absolute atomic E-state index is 0.299. The summed E-state index contributed by atoms with van der Waals surface area (Å²) in [5, 5.41) is 3.61. The Morgan fingerprint density at radius 2 is 2.00 bits per heavy atom. The van der Waals surface area contributed by atoms with Gasteiger partial charge in [0.2, 0.25) is 0 Å². The maximum atomic E-state index is 5.38. The summed E-state index contributed by atoms with van der Waals surface area (Å²) in [6, 6.07) is 8.61. The summed E-state index contributed by atoms with van der Waals surface area (Å²) in [6.45, 7) is 9.13. The van der Waals surface area contributed by atoms with Gasteiger partial charge in [-0.25, -0.2) is 0 Å². The second kappa shape index (κ2) is 5.54. The fourth-order valence-electron chi connectivity index (χ4n) is 3.67. The molecule has 0 aliphatic heterocycles. The molecule has 19 heavy (non-hydrogen) atoms. The van der Waals surface area contributed by atoms with E-state index in [0.717, 1.165) is 18.8 Å². The van der Waals surface area contributed by atoms with Crippen molar-refractivity contribution in [2.75, 3.05) is 20.2 Å². The van der Waals surface area contributed by atoms with Gasteiger partial charge in [-0.3, -0.25) is 0 Å². The molecule has 0 aromatic heterocycles. The molecule has 1 aliphatic carbocycles. The minimum atomic E-state index is 0.299. The molecule has 0 spiro atoms. The highest BCUT2D eigenvalue weighted by molar-refractivity contribution is 5.37. The third-order valence-corrected chi connectivity index (χ3v) is 4.21. The summed E-state index contributed by atoms with van der Waals surface area (Å²) in [4.78, 5) is 0. The molecule has 0 atom stereocenters. The van der Waals surface area contributed by atoms with Crippen molar-refractivity contribution in [2.45, 2.75) is 45.4 Å². The number of hydrogen-bond donors (Lipinski definition) is 1. The first kappa shape index (κ1) is 14.4. The van der Waals surface area contributed by atoms with E-state index in [0.29, 0.717) is 10.8 Å². The number of methoxy groups -OCH3 is 1. The number of hydrogen-bond acceptors (Lipinski definition) is 2. The molecule has 1 fully saturated rings. The quantitative estimate of drug-likeness (QED) is 0.787. The molecular formula is C17H27NO. The van der Waals surface area contributed by atoms with Crippen molar-refractivity contribution in [3.63, 3.8) is 0 Å². The second-order valence-corrected chi connectivity index (χ2v) is 6.71. The third kappa shape index (κ3) is 3.11. The van der Waals surface area contributed by atoms with Crippen LogP contribution in [-0.2, 0) is 5.41 Å². The molecule has 0 radical (unpaired) electrons. The summed E-state index contributed by atoms with van der Waals surface area (Å²) < 4.78 is 5.38. The average molecular weight is 261 g/mol. The standard InChI is InChI=1S/C17H27NO/c1-5-9-18-13-17(11-16(2,3)12-17)14-7-6-8-15(10-14)19-4/h6-8,10,18H,5,9,11-13H2,1-4H3. The molecule has 1 saturated carbocycles. The average Bonchev–Trinajstić information content (AvgIpc) is 2.36. The van der Waals surface area contributed by atoms with E-state index in [1.165, 1.54) is 24.8 Å². The monoisotopic (exact) mass is 261 g/mol. The van der Waals surface area contributed by atoms with Crippen LogP contribution in [0, 0.1) is 5.41 Å². The lowest BCUT2D eigenvalue weighted by atomic mass is 9.52. The summed E-state index contributed by atoms with van der Waals surface area (Å²) in [6.07, 6.45) is 3.70. The van der Waals surface area contributed by atoms with Gasteiger partial charge in [0.1, 0.15) is 5.75 Å². The van der Waals surface area contributed by atoms with Crippen molar-refractivity contribution in [3.8, 4) is 5.75 Å². The van der Waals surface area contributed by atoms with Crippen molar-refractivity contribution in [2.24, 2.45) is 5.41 Å². The highest BCUT2D eigenvalue weighted by Gasteiger charge is 2.49. The Morgan fingerprint density at radius 3 is 2.58 bits per heavy atom. The lowest BCUT2D eigenvalue weighted by Crippen LogP contribution is -2.52. The van der Waals surface area contributed by atoms with Crippen molar-refractivity contribution < 1.29 is 4.74 Å². The van der Waals surface area contributed by atoms with E-state index in [1.807, 2.05) is 6.07 Å². The Morgan fingerprint density at radius 1 is 1.26 bits per heavy atom. The summed E-state index contributed by atoms with van der Waals surface area (Å²) in [7, 11) is 1.74. The molecule has 1 aromatic carbocycles. The van der Waals surface area contributed by atoms with Gasteiger partial charge in [-0.15, -0.1) is 0 Å². The van der Waals surface area contributed by atoms with Crippen LogP contribution >= 0.6 is 0 Å². The molecule has 1 aromatic rings.